The molecule has 4 heteroatoms. The summed E-state index contributed by atoms with van der Waals surface area (Å²) in [7, 11) is 0. The largest absolute Gasteiger partial charge is 0.374 e. The summed E-state index contributed by atoms with van der Waals surface area (Å²) in [4.78, 5) is 5.91. The van der Waals surface area contributed by atoms with Crippen LogP contribution in [0.1, 0.15) is 35.9 Å². The van der Waals surface area contributed by atoms with Gasteiger partial charge in [0.1, 0.15) is 6.23 Å². The summed E-state index contributed by atoms with van der Waals surface area (Å²) in [6.45, 7) is 4.28. The highest BCUT2D eigenvalue weighted by Crippen LogP contribution is 2.31. The number of likely N-dealkylation sites (tertiary alicyclic amines) is 1. The van der Waals surface area contributed by atoms with Gasteiger partial charge in [-0.3, -0.25) is 5.32 Å². The van der Waals surface area contributed by atoms with Gasteiger partial charge in [-0.15, -0.1) is 0 Å². The summed E-state index contributed by atoms with van der Waals surface area (Å²) >= 11 is 0. The van der Waals surface area contributed by atoms with Crippen molar-refractivity contribution in [2.75, 3.05) is 26.2 Å². The number of aromatic nitrogens is 1. The van der Waals surface area contributed by atoms with Gasteiger partial charge in [0.2, 0.25) is 0 Å². The van der Waals surface area contributed by atoms with E-state index in [9.17, 15) is 5.11 Å². The molecule has 3 N–H and O–H groups in total. The Morgan fingerprint density at radius 1 is 1.24 bits per heavy atom. The molecule has 1 aliphatic carbocycles. The maximum absolute atomic E-state index is 10.3. The molecule has 1 aliphatic heterocycles. The van der Waals surface area contributed by atoms with Crippen molar-refractivity contribution < 1.29 is 5.11 Å². The van der Waals surface area contributed by atoms with Gasteiger partial charge in [0.25, 0.3) is 0 Å². The average Bonchev–Trinajstić information content (AvgIpc) is 3.01. The van der Waals surface area contributed by atoms with Gasteiger partial charge in [-0.2, -0.15) is 0 Å². The minimum absolute atomic E-state index is 0.567. The van der Waals surface area contributed by atoms with E-state index in [2.05, 4.69) is 27.3 Å². The molecule has 1 aromatic heterocycles. The Morgan fingerprint density at radius 2 is 2.14 bits per heavy atom. The second-order valence-electron chi connectivity index (χ2n) is 6.29. The predicted octanol–water partition coefficient (Wildman–Crippen LogP) is 1.94. The molecule has 1 fully saturated rings. The van der Waals surface area contributed by atoms with E-state index in [0.717, 1.165) is 31.5 Å². The van der Waals surface area contributed by atoms with Gasteiger partial charge in [-0.1, -0.05) is 6.07 Å². The lowest BCUT2D eigenvalue weighted by atomic mass is 10.1. The summed E-state index contributed by atoms with van der Waals surface area (Å²) < 4.78 is 0. The Hall–Kier alpha value is -1.36. The summed E-state index contributed by atoms with van der Waals surface area (Å²) in [5.74, 6) is 0. The molecule has 0 radical (unpaired) electrons. The van der Waals surface area contributed by atoms with E-state index < -0.39 is 6.23 Å². The fraction of sp³-hybridized carbons (Fsp3) is 0.529. The van der Waals surface area contributed by atoms with Crippen LogP contribution in [0.3, 0.4) is 0 Å². The molecule has 112 valence electrons. The van der Waals surface area contributed by atoms with E-state index >= 15 is 0 Å². The van der Waals surface area contributed by atoms with Crippen LogP contribution in [0, 0.1) is 0 Å². The lowest BCUT2D eigenvalue weighted by Gasteiger charge is -2.31. The van der Waals surface area contributed by atoms with Gasteiger partial charge in [-0.05, 0) is 62.0 Å². The van der Waals surface area contributed by atoms with Gasteiger partial charge in [0, 0.05) is 29.7 Å². The van der Waals surface area contributed by atoms with Crippen molar-refractivity contribution in [1.82, 2.24) is 15.2 Å². The molecule has 4 nitrogen and oxygen atoms in total. The Bertz CT molecular complexity index is 645. The highest BCUT2D eigenvalue weighted by molar-refractivity contribution is 5.86. The molecule has 2 heterocycles. The number of aromatic amines is 1. The number of aryl methyl sites for hydroxylation is 2. The number of rotatable bonds is 5. The maximum Gasteiger partial charge on any atom is 0.131 e. The van der Waals surface area contributed by atoms with E-state index in [4.69, 9.17) is 0 Å². The van der Waals surface area contributed by atoms with Crippen molar-refractivity contribution in [2.24, 2.45) is 0 Å². The van der Waals surface area contributed by atoms with Crippen LogP contribution in [0.2, 0.25) is 0 Å². The summed E-state index contributed by atoms with van der Waals surface area (Å²) in [5, 5.41) is 14.9. The molecule has 0 spiro atoms. The third kappa shape index (κ3) is 2.48. The average molecular weight is 285 g/mol. The fourth-order valence-corrected chi connectivity index (χ4v) is 3.51. The van der Waals surface area contributed by atoms with E-state index in [1.165, 1.54) is 48.1 Å². The molecule has 1 aromatic carbocycles. The van der Waals surface area contributed by atoms with Crippen molar-refractivity contribution >= 4 is 10.9 Å². The SMILES string of the molecule is OC(NCCN1CCC1)c1ccc2[nH]c3c(c2c1)CCC3. The summed E-state index contributed by atoms with van der Waals surface area (Å²) in [5.41, 5.74) is 5.03. The van der Waals surface area contributed by atoms with Crippen LogP contribution in [0.15, 0.2) is 18.2 Å². The number of aliphatic hydroxyl groups is 1. The first-order chi connectivity index (χ1) is 10.3. The number of fused-ring (bicyclic) bond motifs is 3. The summed E-state index contributed by atoms with van der Waals surface area (Å²) in [6, 6.07) is 6.27. The maximum atomic E-state index is 10.3. The monoisotopic (exact) mass is 285 g/mol. The van der Waals surface area contributed by atoms with Gasteiger partial charge in [-0.25, -0.2) is 0 Å². The quantitative estimate of drug-likeness (QED) is 0.736. The molecule has 4 rings (SSSR count). The topological polar surface area (TPSA) is 51.3 Å². The Morgan fingerprint density at radius 3 is 2.95 bits per heavy atom. The highest BCUT2D eigenvalue weighted by atomic mass is 16.3. The van der Waals surface area contributed by atoms with Crippen LogP contribution < -0.4 is 5.32 Å². The van der Waals surface area contributed by atoms with Crippen molar-refractivity contribution in [3.8, 4) is 0 Å². The summed E-state index contributed by atoms with van der Waals surface area (Å²) in [6.07, 6.45) is 4.32. The number of H-pyrrole nitrogens is 1. The normalized spacial score (nSPS) is 19.7. The third-order valence-corrected chi connectivity index (χ3v) is 4.90. The first kappa shape index (κ1) is 13.3. The van der Waals surface area contributed by atoms with Gasteiger partial charge >= 0.3 is 0 Å². The second kappa shape index (κ2) is 5.44. The van der Waals surface area contributed by atoms with Crippen molar-refractivity contribution in [2.45, 2.75) is 31.9 Å². The smallest absolute Gasteiger partial charge is 0.131 e. The van der Waals surface area contributed by atoms with Crippen molar-refractivity contribution in [3.05, 3.63) is 35.0 Å². The molecule has 1 atom stereocenters. The van der Waals surface area contributed by atoms with E-state index in [1.54, 1.807) is 0 Å². The lowest BCUT2D eigenvalue weighted by molar-refractivity contribution is 0.122. The fourth-order valence-electron chi connectivity index (χ4n) is 3.51. The molecule has 2 aromatic rings. The zero-order chi connectivity index (χ0) is 14.2. The molecule has 2 aliphatic rings. The third-order valence-electron chi connectivity index (χ3n) is 4.90. The van der Waals surface area contributed by atoms with Gasteiger partial charge in [0.05, 0.1) is 0 Å². The standard InChI is InChI=1S/C17H23N3O/c21-17(18-7-10-20-8-2-9-20)12-5-6-16-14(11-12)13-3-1-4-15(13)19-16/h5-6,11,17-19,21H,1-4,7-10H2. The van der Waals surface area contributed by atoms with Crippen LogP contribution in [0.5, 0.6) is 0 Å². The second-order valence-corrected chi connectivity index (χ2v) is 6.29. The molecule has 0 bridgehead atoms. The molecule has 1 unspecified atom stereocenters. The number of benzene rings is 1. The van der Waals surface area contributed by atoms with Crippen LogP contribution >= 0.6 is 0 Å². The molecule has 0 saturated carbocycles. The van der Waals surface area contributed by atoms with Crippen LogP contribution in [0.25, 0.3) is 10.9 Å². The predicted molar refractivity (Wildman–Crippen MR) is 84.3 cm³/mol. The number of nitrogens with zero attached hydrogens (tertiary/aromatic N) is 1. The minimum atomic E-state index is -0.567. The van der Waals surface area contributed by atoms with E-state index in [0.29, 0.717) is 0 Å². The molecular formula is C17H23N3O. The Balaban J connectivity index is 1.47. The minimum Gasteiger partial charge on any atom is -0.374 e. The zero-order valence-corrected chi connectivity index (χ0v) is 12.4. The molecule has 1 saturated heterocycles. The first-order valence-corrected chi connectivity index (χ1v) is 8.08. The number of hydrogen-bond acceptors (Lipinski definition) is 3. The van der Waals surface area contributed by atoms with E-state index in [1.807, 2.05) is 6.07 Å². The highest BCUT2D eigenvalue weighted by Gasteiger charge is 2.18. The van der Waals surface area contributed by atoms with Crippen LogP contribution in [-0.4, -0.2) is 41.2 Å². The molecule has 21 heavy (non-hydrogen) atoms. The van der Waals surface area contributed by atoms with Crippen LogP contribution in [-0.2, 0) is 12.8 Å². The number of aliphatic hydroxyl groups excluding tert-OH is 1. The van der Waals surface area contributed by atoms with Gasteiger partial charge < -0.3 is 15.0 Å². The first-order valence-electron chi connectivity index (χ1n) is 8.08. The van der Waals surface area contributed by atoms with Gasteiger partial charge in [0.15, 0.2) is 0 Å². The van der Waals surface area contributed by atoms with Crippen molar-refractivity contribution in [1.29, 1.82) is 0 Å². The molecule has 0 amide bonds. The van der Waals surface area contributed by atoms with Crippen LogP contribution in [0.4, 0.5) is 0 Å². The number of hydrogen-bond donors (Lipinski definition) is 3. The van der Waals surface area contributed by atoms with Crippen molar-refractivity contribution in [3.63, 3.8) is 0 Å². The Kier molecular flexibility index (Phi) is 3.45. The van der Waals surface area contributed by atoms with E-state index in [-0.39, 0.29) is 0 Å². The number of nitrogens with one attached hydrogen (secondary N) is 2. The Labute approximate surface area is 125 Å². The lowest BCUT2D eigenvalue weighted by Crippen LogP contribution is -2.42. The molecular weight excluding hydrogens is 262 g/mol. The zero-order valence-electron chi connectivity index (χ0n) is 12.4.